The Morgan fingerprint density at radius 3 is 2.56 bits per heavy atom. The van der Waals surface area contributed by atoms with E-state index in [0.717, 1.165) is 23.7 Å². The van der Waals surface area contributed by atoms with Gasteiger partial charge in [-0.05, 0) is 36.2 Å². The minimum absolute atomic E-state index is 0.429. The van der Waals surface area contributed by atoms with Gasteiger partial charge in [0.1, 0.15) is 11.8 Å². The third-order valence-electron chi connectivity index (χ3n) is 2.53. The van der Waals surface area contributed by atoms with Crippen molar-refractivity contribution in [3.8, 4) is 6.07 Å². The van der Waals surface area contributed by atoms with Crippen LogP contribution in [0.3, 0.4) is 0 Å². The highest BCUT2D eigenvalue weighted by molar-refractivity contribution is 6.30. The average molecular weight is 258 g/mol. The van der Waals surface area contributed by atoms with Crippen molar-refractivity contribution < 1.29 is 0 Å². The van der Waals surface area contributed by atoms with Crippen LogP contribution in [0.4, 0.5) is 5.69 Å². The highest BCUT2D eigenvalue weighted by atomic mass is 35.5. The van der Waals surface area contributed by atoms with Gasteiger partial charge in [0.25, 0.3) is 0 Å². The second-order valence-corrected chi connectivity index (χ2v) is 4.28. The van der Waals surface area contributed by atoms with Gasteiger partial charge in [0.2, 0.25) is 0 Å². The summed E-state index contributed by atoms with van der Waals surface area (Å²) in [5, 5.41) is 12.6. The molecule has 0 aliphatic carbocycles. The number of aromatic nitrogens is 1. The number of benzene rings is 1. The molecular formula is C14H12ClN3. The molecular weight excluding hydrogens is 246 g/mol. The maximum absolute atomic E-state index is 8.63. The zero-order valence-electron chi connectivity index (χ0n) is 9.73. The second-order valence-electron chi connectivity index (χ2n) is 3.85. The first-order valence-corrected chi connectivity index (χ1v) is 6.00. The fourth-order valence-electron chi connectivity index (χ4n) is 1.57. The van der Waals surface area contributed by atoms with Gasteiger partial charge in [-0.1, -0.05) is 23.7 Å². The Morgan fingerprint density at radius 2 is 1.94 bits per heavy atom. The predicted octanol–water partition coefficient (Wildman–Crippen LogP) is 3.26. The number of halogens is 1. The summed E-state index contributed by atoms with van der Waals surface area (Å²) in [6.45, 7) is 0.815. The molecule has 2 rings (SSSR count). The normalized spacial score (nSPS) is 9.78. The van der Waals surface area contributed by atoms with E-state index in [2.05, 4.69) is 10.3 Å². The first kappa shape index (κ1) is 12.4. The first-order valence-electron chi connectivity index (χ1n) is 5.62. The van der Waals surface area contributed by atoms with Gasteiger partial charge < -0.3 is 5.32 Å². The Kier molecular flexibility index (Phi) is 4.16. The largest absolute Gasteiger partial charge is 0.383 e. The molecule has 0 amide bonds. The summed E-state index contributed by atoms with van der Waals surface area (Å²) in [5.41, 5.74) is 2.58. The molecule has 1 N–H and O–H groups in total. The molecule has 0 atom stereocenters. The van der Waals surface area contributed by atoms with Crippen molar-refractivity contribution in [2.24, 2.45) is 0 Å². The highest BCUT2D eigenvalue weighted by Gasteiger charge is 1.96. The fraction of sp³-hybridized carbons (Fsp3) is 0.143. The van der Waals surface area contributed by atoms with E-state index >= 15 is 0 Å². The predicted molar refractivity (Wildman–Crippen MR) is 72.6 cm³/mol. The second kappa shape index (κ2) is 6.04. The Hall–Kier alpha value is -2.05. The first-order chi connectivity index (χ1) is 8.78. The molecule has 18 heavy (non-hydrogen) atoms. The Morgan fingerprint density at radius 1 is 1.17 bits per heavy atom. The van der Waals surface area contributed by atoms with Gasteiger partial charge in [-0.15, -0.1) is 0 Å². The zero-order valence-corrected chi connectivity index (χ0v) is 10.5. The maximum Gasteiger partial charge on any atom is 0.140 e. The van der Waals surface area contributed by atoms with E-state index in [9.17, 15) is 0 Å². The average Bonchev–Trinajstić information content (AvgIpc) is 2.42. The summed E-state index contributed by atoms with van der Waals surface area (Å²) in [4.78, 5) is 3.99. The fourth-order valence-corrected chi connectivity index (χ4v) is 1.69. The van der Waals surface area contributed by atoms with Gasteiger partial charge in [-0.25, -0.2) is 4.98 Å². The SMILES string of the molecule is N#Cc1ccc(NCCc2ccc(Cl)cc2)cn1. The number of pyridine rings is 1. The molecule has 0 unspecified atom stereocenters. The van der Waals surface area contributed by atoms with Crippen LogP contribution in [0.15, 0.2) is 42.6 Å². The van der Waals surface area contributed by atoms with E-state index < -0.39 is 0 Å². The van der Waals surface area contributed by atoms with Gasteiger partial charge >= 0.3 is 0 Å². The molecule has 90 valence electrons. The minimum atomic E-state index is 0.429. The molecule has 0 aliphatic heterocycles. The van der Waals surface area contributed by atoms with Crippen molar-refractivity contribution >= 4 is 17.3 Å². The highest BCUT2D eigenvalue weighted by Crippen LogP contribution is 2.10. The van der Waals surface area contributed by atoms with Crippen LogP contribution in [0.5, 0.6) is 0 Å². The van der Waals surface area contributed by atoms with E-state index in [1.807, 2.05) is 36.4 Å². The molecule has 4 heteroatoms. The zero-order chi connectivity index (χ0) is 12.8. The van der Waals surface area contributed by atoms with E-state index in [-0.39, 0.29) is 0 Å². The van der Waals surface area contributed by atoms with Crippen LogP contribution >= 0.6 is 11.6 Å². The quantitative estimate of drug-likeness (QED) is 0.915. The summed E-state index contributed by atoms with van der Waals surface area (Å²) in [7, 11) is 0. The molecule has 3 nitrogen and oxygen atoms in total. The van der Waals surface area contributed by atoms with Crippen LogP contribution in [0.25, 0.3) is 0 Å². The number of nitrogens with zero attached hydrogens (tertiary/aromatic N) is 2. The molecule has 0 spiro atoms. The van der Waals surface area contributed by atoms with E-state index in [4.69, 9.17) is 16.9 Å². The molecule has 0 fully saturated rings. The number of nitrogens with one attached hydrogen (secondary N) is 1. The minimum Gasteiger partial charge on any atom is -0.383 e. The van der Waals surface area contributed by atoms with Gasteiger partial charge in [-0.3, -0.25) is 0 Å². The Bertz CT molecular complexity index is 541. The molecule has 0 saturated carbocycles. The monoisotopic (exact) mass is 257 g/mol. The lowest BCUT2D eigenvalue weighted by Gasteiger charge is -2.06. The van der Waals surface area contributed by atoms with Crippen LogP contribution in [0.2, 0.25) is 5.02 Å². The summed E-state index contributed by atoms with van der Waals surface area (Å²) in [6.07, 6.45) is 2.58. The van der Waals surface area contributed by atoms with E-state index in [0.29, 0.717) is 5.69 Å². The third-order valence-corrected chi connectivity index (χ3v) is 2.79. The molecule has 0 radical (unpaired) electrons. The number of anilines is 1. The molecule has 0 bridgehead atoms. The third kappa shape index (κ3) is 3.47. The molecule has 2 aromatic rings. The topological polar surface area (TPSA) is 48.7 Å². The van der Waals surface area contributed by atoms with Crippen molar-refractivity contribution in [2.75, 3.05) is 11.9 Å². The van der Waals surface area contributed by atoms with Crippen molar-refractivity contribution in [3.63, 3.8) is 0 Å². The number of rotatable bonds is 4. The van der Waals surface area contributed by atoms with Crippen molar-refractivity contribution in [1.29, 1.82) is 5.26 Å². The van der Waals surface area contributed by atoms with Gasteiger partial charge in [0, 0.05) is 11.6 Å². The van der Waals surface area contributed by atoms with E-state index in [1.165, 1.54) is 5.56 Å². The lowest BCUT2D eigenvalue weighted by atomic mass is 10.1. The Balaban J connectivity index is 1.84. The number of hydrogen-bond donors (Lipinski definition) is 1. The van der Waals surface area contributed by atoms with Crippen LogP contribution in [-0.2, 0) is 6.42 Å². The molecule has 1 heterocycles. The molecule has 1 aromatic heterocycles. The van der Waals surface area contributed by atoms with Gasteiger partial charge in [0.05, 0.1) is 11.9 Å². The summed E-state index contributed by atoms with van der Waals surface area (Å²) in [5.74, 6) is 0. The van der Waals surface area contributed by atoms with Gasteiger partial charge in [-0.2, -0.15) is 5.26 Å². The molecule has 0 aliphatic rings. The smallest absolute Gasteiger partial charge is 0.140 e. The van der Waals surface area contributed by atoms with Crippen LogP contribution in [-0.4, -0.2) is 11.5 Å². The summed E-state index contributed by atoms with van der Waals surface area (Å²) < 4.78 is 0. The van der Waals surface area contributed by atoms with Crippen molar-refractivity contribution in [1.82, 2.24) is 4.98 Å². The summed E-state index contributed by atoms with van der Waals surface area (Å²) >= 11 is 5.82. The standard InChI is InChI=1S/C14H12ClN3/c15-12-3-1-11(2-4-12)7-8-17-14-6-5-13(9-16)18-10-14/h1-6,10,17H,7-8H2. The van der Waals surface area contributed by atoms with Crippen molar-refractivity contribution in [2.45, 2.75) is 6.42 Å². The Labute approximate surface area is 111 Å². The van der Waals surface area contributed by atoms with Crippen LogP contribution in [0.1, 0.15) is 11.3 Å². The van der Waals surface area contributed by atoms with Crippen LogP contribution in [0, 0.1) is 11.3 Å². The molecule has 1 aromatic carbocycles. The maximum atomic E-state index is 8.63. The summed E-state index contributed by atoms with van der Waals surface area (Å²) in [6, 6.07) is 13.4. The number of nitriles is 1. The van der Waals surface area contributed by atoms with Crippen molar-refractivity contribution in [3.05, 3.63) is 58.9 Å². The molecule has 0 saturated heterocycles. The lowest BCUT2D eigenvalue weighted by molar-refractivity contribution is 1.02. The number of hydrogen-bond acceptors (Lipinski definition) is 3. The van der Waals surface area contributed by atoms with Gasteiger partial charge in [0.15, 0.2) is 0 Å². The van der Waals surface area contributed by atoms with Crippen LogP contribution < -0.4 is 5.32 Å². The van der Waals surface area contributed by atoms with E-state index in [1.54, 1.807) is 12.3 Å². The lowest BCUT2D eigenvalue weighted by Crippen LogP contribution is -2.05.